The Morgan fingerprint density at radius 3 is 1.15 bits per heavy atom. The molecule has 358 valence electrons. The Bertz CT molecular complexity index is 3990. The average molecular weight is 989 g/mol. The molecule has 2 aromatic heterocycles. The molecule has 2 heterocycles. The number of benzene rings is 10. The van der Waals surface area contributed by atoms with Crippen molar-refractivity contribution in [3.05, 3.63) is 262 Å². The van der Waals surface area contributed by atoms with Gasteiger partial charge in [-0.1, -0.05) is 173 Å². The van der Waals surface area contributed by atoms with Crippen molar-refractivity contribution in [1.82, 2.24) is 0 Å². The molecular weight excluding hydrogens is 933 g/mol. The van der Waals surface area contributed by atoms with Gasteiger partial charge in [-0.25, -0.2) is 0 Å². The maximum absolute atomic E-state index is 2.56. The van der Waals surface area contributed by atoms with Gasteiger partial charge in [-0.05, 0) is 154 Å². The number of nitrogens with zero attached hydrogens (tertiary/aromatic N) is 2. The van der Waals surface area contributed by atoms with Gasteiger partial charge in [0.05, 0.1) is 26.2 Å². The fraction of sp³-hybridized carbons (Fsp3) is 0.143. The van der Waals surface area contributed by atoms with Crippen LogP contribution in [0.15, 0.2) is 206 Å². The standard InChI is InChI=1S/C70H56N2S2/c1-7-45-21-15-25-53-55-27-17-33-63(67(55)73-65(45)53)71(47-23-13-19-43(3)39-47)49-35-37-51-52-38-36-50(42-62(52)70(61(51)41-49)59-31-11-9-29-57(59)69(5,6)58-30-10-12-32-60(58)70)72(48-24-14-20-44(4)40-48)64-34-18-28-56-54-26-16-22-46(8-2)66(54)74-68(56)64/h9-42H,7-8H2,1-6H3. The number of aryl methyl sites for hydroxylation is 4. The van der Waals surface area contributed by atoms with Gasteiger partial charge in [0.2, 0.25) is 0 Å². The molecule has 2 aliphatic rings. The molecule has 10 aromatic carbocycles. The van der Waals surface area contributed by atoms with Crippen molar-refractivity contribution in [2.75, 3.05) is 9.80 Å². The van der Waals surface area contributed by atoms with Gasteiger partial charge < -0.3 is 9.80 Å². The highest BCUT2D eigenvalue weighted by atomic mass is 32.1. The summed E-state index contributed by atoms with van der Waals surface area (Å²) in [6.07, 6.45) is 2.00. The van der Waals surface area contributed by atoms with Crippen molar-refractivity contribution in [2.24, 2.45) is 0 Å². The van der Waals surface area contributed by atoms with Gasteiger partial charge in [0.1, 0.15) is 0 Å². The predicted molar refractivity (Wildman–Crippen MR) is 319 cm³/mol. The lowest BCUT2D eigenvalue weighted by atomic mass is 9.55. The molecule has 1 spiro atoms. The summed E-state index contributed by atoms with van der Waals surface area (Å²) in [6.45, 7) is 13.8. The van der Waals surface area contributed by atoms with E-state index in [1.54, 1.807) is 0 Å². The molecule has 0 fully saturated rings. The first-order valence-corrected chi connectivity index (χ1v) is 27.9. The molecule has 0 atom stereocenters. The van der Waals surface area contributed by atoms with Crippen LogP contribution in [0.4, 0.5) is 34.1 Å². The second-order valence-corrected chi connectivity index (χ2v) is 23.1. The third kappa shape index (κ3) is 6.41. The first-order chi connectivity index (χ1) is 36.2. The van der Waals surface area contributed by atoms with Crippen molar-refractivity contribution >= 4 is 97.1 Å². The van der Waals surface area contributed by atoms with E-state index in [0.717, 1.165) is 35.6 Å². The lowest BCUT2D eigenvalue weighted by Gasteiger charge is -2.47. The number of hydrogen-bond acceptors (Lipinski definition) is 4. The van der Waals surface area contributed by atoms with Crippen LogP contribution in [0, 0.1) is 13.8 Å². The van der Waals surface area contributed by atoms with E-state index in [1.807, 2.05) is 22.7 Å². The Morgan fingerprint density at radius 1 is 0.351 bits per heavy atom. The van der Waals surface area contributed by atoms with E-state index in [9.17, 15) is 0 Å². The maximum atomic E-state index is 2.56. The minimum Gasteiger partial charge on any atom is -0.309 e. The Hall–Kier alpha value is -7.76. The van der Waals surface area contributed by atoms with Crippen molar-refractivity contribution in [1.29, 1.82) is 0 Å². The third-order valence-electron chi connectivity index (χ3n) is 16.6. The van der Waals surface area contributed by atoms with Crippen LogP contribution in [0.25, 0.3) is 51.5 Å². The summed E-state index contributed by atoms with van der Waals surface area (Å²) < 4.78 is 5.37. The maximum Gasteiger partial charge on any atom is 0.0721 e. The van der Waals surface area contributed by atoms with Crippen LogP contribution in [-0.2, 0) is 23.7 Å². The summed E-state index contributed by atoms with van der Waals surface area (Å²) in [5.74, 6) is 0. The van der Waals surface area contributed by atoms with Crippen molar-refractivity contribution < 1.29 is 0 Å². The number of anilines is 6. The molecule has 12 aromatic rings. The topological polar surface area (TPSA) is 6.48 Å². The predicted octanol–water partition coefficient (Wildman–Crippen LogP) is 20.1. The molecule has 4 heteroatoms. The molecule has 2 nitrogen and oxygen atoms in total. The lowest BCUT2D eigenvalue weighted by molar-refractivity contribution is 0.563. The minimum atomic E-state index is -0.644. The molecule has 0 bridgehead atoms. The fourth-order valence-electron chi connectivity index (χ4n) is 13.2. The zero-order valence-electron chi connectivity index (χ0n) is 42.8. The minimum absolute atomic E-state index is 0.236. The van der Waals surface area contributed by atoms with Crippen molar-refractivity contribution in [3.8, 4) is 11.1 Å². The van der Waals surface area contributed by atoms with Gasteiger partial charge in [0.15, 0.2) is 0 Å². The van der Waals surface area contributed by atoms with Gasteiger partial charge in [-0.15, -0.1) is 22.7 Å². The molecule has 0 N–H and O–H groups in total. The van der Waals surface area contributed by atoms with Crippen LogP contribution in [0.1, 0.15) is 83.3 Å². The second-order valence-electron chi connectivity index (χ2n) is 21.1. The van der Waals surface area contributed by atoms with E-state index in [4.69, 9.17) is 0 Å². The van der Waals surface area contributed by atoms with Crippen LogP contribution in [0.3, 0.4) is 0 Å². The highest BCUT2D eigenvalue weighted by Gasteiger charge is 2.53. The highest BCUT2D eigenvalue weighted by Crippen LogP contribution is 2.64. The van der Waals surface area contributed by atoms with Gasteiger partial charge in [-0.2, -0.15) is 0 Å². The molecule has 0 saturated heterocycles. The van der Waals surface area contributed by atoms with Gasteiger partial charge in [0.25, 0.3) is 0 Å². The molecule has 2 aliphatic carbocycles. The van der Waals surface area contributed by atoms with E-state index >= 15 is 0 Å². The zero-order chi connectivity index (χ0) is 50.0. The number of thiophene rings is 2. The van der Waals surface area contributed by atoms with E-state index in [0.29, 0.717) is 0 Å². The first-order valence-electron chi connectivity index (χ1n) is 26.3. The highest BCUT2D eigenvalue weighted by molar-refractivity contribution is 7.27. The second kappa shape index (κ2) is 16.9. The molecule has 0 aliphatic heterocycles. The molecule has 0 saturated carbocycles. The molecule has 0 amide bonds. The lowest BCUT2D eigenvalue weighted by Crippen LogP contribution is -2.40. The summed E-state index contributed by atoms with van der Waals surface area (Å²) in [5.41, 5.74) is 22.0. The Kier molecular flexibility index (Phi) is 10.3. The van der Waals surface area contributed by atoms with Crippen LogP contribution in [0.2, 0.25) is 0 Å². The summed E-state index contributed by atoms with van der Waals surface area (Å²) >= 11 is 3.88. The smallest absolute Gasteiger partial charge is 0.0721 e. The van der Waals surface area contributed by atoms with Crippen LogP contribution in [-0.4, -0.2) is 0 Å². The van der Waals surface area contributed by atoms with Gasteiger partial charge >= 0.3 is 0 Å². The third-order valence-corrected chi connectivity index (χ3v) is 19.2. The average Bonchev–Trinajstić information content (AvgIpc) is 4.28. The SMILES string of the molecule is CCc1cccc2c1sc1c(N(c3cccc(C)c3)c3ccc4c(c3)C3(c5cc(N(c6cccc(C)c6)c6cccc7c6sc6c(CC)cccc67)ccc5-4)c4ccccc4C(C)(C)c4ccccc43)cccc12. The van der Waals surface area contributed by atoms with E-state index < -0.39 is 5.41 Å². The van der Waals surface area contributed by atoms with E-state index in [-0.39, 0.29) is 5.41 Å². The van der Waals surface area contributed by atoms with Crippen molar-refractivity contribution in [2.45, 2.75) is 65.2 Å². The number of rotatable bonds is 8. The zero-order valence-corrected chi connectivity index (χ0v) is 44.4. The molecular formula is C70H56N2S2. The molecule has 74 heavy (non-hydrogen) atoms. The van der Waals surface area contributed by atoms with E-state index in [2.05, 4.69) is 258 Å². The Morgan fingerprint density at radius 2 is 0.730 bits per heavy atom. The quantitative estimate of drug-likeness (QED) is 0.150. The fourth-order valence-corrected chi connectivity index (χ4v) is 16.0. The summed E-state index contributed by atoms with van der Waals surface area (Å²) in [7, 11) is 0. The number of hydrogen-bond donors (Lipinski definition) is 0. The Labute approximate surface area is 442 Å². The summed E-state index contributed by atoms with van der Waals surface area (Å²) in [6, 6.07) is 79.1. The van der Waals surface area contributed by atoms with Gasteiger partial charge in [-0.3, -0.25) is 0 Å². The molecule has 14 rings (SSSR count). The first kappa shape index (κ1) is 44.9. The normalized spacial score (nSPS) is 13.9. The monoisotopic (exact) mass is 988 g/mol. The van der Waals surface area contributed by atoms with Gasteiger partial charge in [0, 0.05) is 59.1 Å². The summed E-state index contributed by atoms with van der Waals surface area (Å²) in [4.78, 5) is 5.08. The van der Waals surface area contributed by atoms with Crippen LogP contribution < -0.4 is 9.80 Å². The largest absolute Gasteiger partial charge is 0.309 e. The van der Waals surface area contributed by atoms with Crippen LogP contribution in [0.5, 0.6) is 0 Å². The van der Waals surface area contributed by atoms with Crippen molar-refractivity contribution in [3.63, 3.8) is 0 Å². The number of fused-ring (bicyclic) bond motifs is 15. The van der Waals surface area contributed by atoms with Crippen LogP contribution >= 0.6 is 22.7 Å². The molecule has 0 unspecified atom stereocenters. The molecule has 0 radical (unpaired) electrons. The summed E-state index contributed by atoms with van der Waals surface area (Å²) in [5, 5.41) is 5.28. The van der Waals surface area contributed by atoms with E-state index in [1.165, 1.54) is 118 Å². The Balaban J connectivity index is 1.06.